The van der Waals surface area contributed by atoms with Crippen LogP contribution in [0.1, 0.15) is 50.5 Å². The van der Waals surface area contributed by atoms with Gasteiger partial charge in [0.25, 0.3) is 0 Å². The number of carbonyl (C=O) groups is 1. The van der Waals surface area contributed by atoms with Crippen molar-refractivity contribution in [3.8, 4) is 0 Å². The van der Waals surface area contributed by atoms with Crippen molar-refractivity contribution in [3.63, 3.8) is 0 Å². The molecule has 2 aliphatic rings. The summed E-state index contributed by atoms with van der Waals surface area (Å²) in [6.45, 7) is 1.11. The fourth-order valence-corrected chi connectivity index (χ4v) is 5.08. The van der Waals surface area contributed by atoms with Gasteiger partial charge in [0.15, 0.2) is 0 Å². The molecule has 1 atom stereocenters. The first-order chi connectivity index (χ1) is 12.6. The smallest absolute Gasteiger partial charge is 0.226 e. The molecule has 0 radical (unpaired) electrons. The van der Waals surface area contributed by atoms with Gasteiger partial charge in [0.2, 0.25) is 15.9 Å². The van der Waals surface area contributed by atoms with E-state index in [2.05, 4.69) is 10.8 Å². The Kier molecular flexibility index (Phi) is 6.48. The Bertz CT molecular complexity index is 744. The van der Waals surface area contributed by atoms with E-state index in [4.69, 9.17) is 0 Å². The molecule has 1 aliphatic carbocycles. The Morgan fingerprint density at radius 3 is 2.73 bits per heavy atom. The maximum absolute atomic E-state index is 12.6. The van der Waals surface area contributed by atoms with Crippen LogP contribution in [0.2, 0.25) is 0 Å². The van der Waals surface area contributed by atoms with Crippen LogP contribution in [0.25, 0.3) is 0 Å². The molecule has 0 bridgehead atoms. The third-order valence-electron chi connectivity index (χ3n) is 5.16. The van der Waals surface area contributed by atoms with Crippen molar-refractivity contribution in [2.75, 3.05) is 13.1 Å². The number of carbonyl (C=O) groups excluding carboxylic acids is 1. The second-order valence-electron chi connectivity index (χ2n) is 7.19. The first-order valence-corrected chi connectivity index (χ1v) is 11.2. The van der Waals surface area contributed by atoms with Crippen molar-refractivity contribution in [1.29, 1.82) is 0 Å². The molecular formula is C20H28N2O3S. The fourth-order valence-electron chi connectivity index (χ4n) is 3.89. The quantitative estimate of drug-likeness (QED) is 0.743. The Morgan fingerprint density at radius 1 is 1.15 bits per heavy atom. The molecular weight excluding hydrogens is 348 g/mol. The molecule has 0 spiro atoms. The van der Waals surface area contributed by atoms with Gasteiger partial charge in [-0.05, 0) is 50.0 Å². The summed E-state index contributed by atoms with van der Waals surface area (Å²) in [5.41, 5.74) is 1.98. The van der Waals surface area contributed by atoms with Crippen LogP contribution in [-0.2, 0) is 20.6 Å². The number of hydrogen-bond donors (Lipinski definition) is 1. The van der Waals surface area contributed by atoms with Gasteiger partial charge in [0.1, 0.15) is 0 Å². The monoisotopic (exact) mass is 376 g/mol. The van der Waals surface area contributed by atoms with Gasteiger partial charge in [-0.15, -0.1) is 0 Å². The average Bonchev–Trinajstić information content (AvgIpc) is 2.65. The highest BCUT2D eigenvalue weighted by Crippen LogP contribution is 2.35. The van der Waals surface area contributed by atoms with Crippen LogP contribution in [-0.4, -0.2) is 32.3 Å². The zero-order valence-electron chi connectivity index (χ0n) is 15.2. The van der Waals surface area contributed by atoms with Crippen LogP contribution in [0.5, 0.6) is 0 Å². The van der Waals surface area contributed by atoms with Crippen LogP contribution in [0.15, 0.2) is 42.1 Å². The minimum absolute atomic E-state index is 0.0253. The highest BCUT2D eigenvalue weighted by atomic mass is 32.2. The minimum atomic E-state index is -3.36. The second-order valence-corrected chi connectivity index (χ2v) is 8.99. The molecule has 1 N–H and O–H groups in total. The van der Waals surface area contributed by atoms with E-state index in [1.165, 1.54) is 25.0 Å². The summed E-state index contributed by atoms with van der Waals surface area (Å²) in [5, 5.41) is 0. The summed E-state index contributed by atoms with van der Waals surface area (Å²) >= 11 is 0. The number of allylic oxidation sites excluding steroid dienone is 2. The van der Waals surface area contributed by atoms with Gasteiger partial charge in [0, 0.05) is 25.2 Å². The number of benzene rings is 1. The van der Waals surface area contributed by atoms with Crippen molar-refractivity contribution in [3.05, 3.63) is 47.7 Å². The lowest BCUT2D eigenvalue weighted by Gasteiger charge is -2.38. The largest absolute Gasteiger partial charge is 0.316 e. The molecule has 142 valence electrons. The predicted molar refractivity (Wildman–Crippen MR) is 103 cm³/mol. The minimum Gasteiger partial charge on any atom is -0.316 e. The highest BCUT2D eigenvalue weighted by molar-refractivity contribution is 7.88. The molecule has 5 nitrogen and oxygen atoms in total. The second kappa shape index (κ2) is 8.82. The van der Waals surface area contributed by atoms with Gasteiger partial charge in [0.05, 0.1) is 5.75 Å². The number of nitrogens with one attached hydrogen (secondary N) is 1. The number of likely N-dealkylation sites (tertiary alicyclic amines) is 1. The molecule has 1 fully saturated rings. The number of fused-ring (bicyclic) bond motifs is 1. The molecule has 1 aromatic carbocycles. The fraction of sp³-hybridized carbons (Fsp3) is 0.550. The molecule has 1 aromatic rings. The van der Waals surface area contributed by atoms with Gasteiger partial charge >= 0.3 is 0 Å². The number of nitrogens with zero attached hydrogens (tertiary/aromatic N) is 1. The van der Waals surface area contributed by atoms with E-state index in [-0.39, 0.29) is 11.7 Å². The molecule has 0 saturated carbocycles. The normalized spacial score (nSPS) is 20.4. The molecule has 1 unspecified atom stereocenters. The molecule has 1 aliphatic heterocycles. The number of hydrogen-bond acceptors (Lipinski definition) is 3. The van der Waals surface area contributed by atoms with Crippen molar-refractivity contribution in [2.45, 2.75) is 50.7 Å². The zero-order valence-corrected chi connectivity index (χ0v) is 16.0. The van der Waals surface area contributed by atoms with Gasteiger partial charge in [-0.2, -0.15) is 0 Å². The van der Waals surface area contributed by atoms with E-state index in [0.29, 0.717) is 25.3 Å². The lowest BCUT2D eigenvalue weighted by Crippen LogP contribution is -2.39. The molecule has 1 heterocycles. The number of rotatable bonds is 7. The Morgan fingerprint density at radius 2 is 1.92 bits per heavy atom. The first-order valence-electron chi connectivity index (χ1n) is 9.57. The SMILES string of the molecule is O=C(CCCNS(=O)(=O)Cc1ccccc1)N1CCCC2CCCC=C21. The van der Waals surface area contributed by atoms with E-state index in [0.717, 1.165) is 24.9 Å². The van der Waals surface area contributed by atoms with Crippen LogP contribution in [0, 0.1) is 5.92 Å². The number of sulfonamides is 1. The summed E-state index contributed by atoms with van der Waals surface area (Å²) < 4.78 is 26.8. The topological polar surface area (TPSA) is 66.5 Å². The van der Waals surface area contributed by atoms with Crippen molar-refractivity contribution in [2.24, 2.45) is 5.92 Å². The first kappa shape index (κ1) is 19.1. The third-order valence-corrected chi connectivity index (χ3v) is 6.52. The molecule has 0 aromatic heterocycles. The number of piperidine rings is 1. The summed E-state index contributed by atoms with van der Waals surface area (Å²) in [6, 6.07) is 9.12. The van der Waals surface area contributed by atoms with E-state index in [9.17, 15) is 13.2 Å². The van der Waals surface area contributed by atoms with Crippen LogP contribution >= 0.6 is 0 Å². The van der Waals surface area contributed by atoms with Crippen molar-refractivity contribution >= 4 is 15.9 Å². The van der Waals surface area contributed by atoms with Crippen LogP contribution < -0.4 is 4.72 Å². The lowest BCUT2D eigenvalue weighted by atomic mass is 9.85. The van der Waals surface area contributed by atoms with Crippen molar-refractivity contribution < 1.29 is 13.2 Å². The number of amides is 1. The van der Waals surface area contributed by atoms with Gasteiger partial charge < -0.3 is 4.90 Å². The maximum atomic E-state index is 12.6. The van der Waals surface area contributed by atoms with Crippen molar-refractivity contribution in [1.82, 2.24) is 9.62 Å². The van der Waals surface area contributed by atoms with Gasteiger partial charge in [-0.25, -0.2) is 13.1 Å². The summed E-state index contributed by atoms with van der Waals surface area (Å²) in [7, 11) is -3.36. The van der Waals surface area contributed by atoms with Crippen LogP contribution in [0.3, 0.4) is 0 Å². The van der Waals surface area contributed by atoms with Crippen LogP contribution in [0.4, 0.5) is 0 Å². The highest BCUT2D eigenvalue weighted by Gasteiger charge is 2.29. The van der Waals surface area contributed by atoms with E-state index >= 15 is 0 Å². The third kappa shape index (κ3) is 5.17. The predicted octanol–water partition coefficient (Wildman–Crippen LogP) is 3.19. The molecule has 3 rings (SSSR count). The van der Waals surface area contributed by atoms with Gasteiger partial charge in [-0.3, -0.25) is 4.79 Å². The van der Waals surface area contributed by atoms with E-state index in [1.54, 1.807) is 12.1 Å². The van der Waals surface area contributed by atoms with E-state index in [1.807, 2.05) is 23.1 Å². The summed E-state index contributed by atoms with van der Waals surface area (Å²) in [4.78, 5) is 14.5. The Balaban J connectivity index is 1.44. The molecule has 26 heavy (non-hydrogen) atoms. The lowest BCUT2D eigenvalue weighted by molar-refractivity contribution is -0.130. The van der Waals surface area contributed by atoms with Gasteiger partial charge in [-0.1, -0.05) is 36.4 Å². The standard InChI is InChI=1S/C20H28N2O3S/c23-20(22-15-7-11-18-10-4-5-12-19(18)22)13-6-14-21-26(24,25)16-17-8-2-1-3-9-17/h1-3,8-9,12,18,21H,4-7,10-11,13-16H2. The average molecular weight is 377 g/mol. The summed E-state index contributed by atoms with van der Waals surface area (Å²) in [5.74, 6) is 0.651. The maximum Gasteiger partial charge on any atom is 0.226 e. The molecule has 6 heteroatoms. The Labute approximate surface area is 156 Å². The Hall–Kier alpha value is -1.66. The molecule has 1 saturated heterocycles. The summed E-state index contributed by atoms with van der Waals surface area (Å²) in [6.07, 6.45) is 8.88. The zero-order chi connectivity index (χ0) is 18.4. The van der Waals surface area contributed by atoms with E-state index < -0.39 is 10.0 Å². The molecule has 1 amide bonds.